The van der Waals surface area contributed by atoms with Crippen LogP contribution in [0.4, 0.5) is 0 Å². The van der Waals surface area contributed by atoms with Crippen molar-refractivity contribution in [3.05, 3.63) is 53.9 Å². The van der Waals surface area contributed by atoms with Gasteiger partial charge >= 0.3 is 0 Å². The zero-order chi connectivity index (χ0) is 19.8. The number of nitrogens with zero attached hydrogens (tertiary/aromatic N) is 3. The normalized spacial score (nSPS) is 17.5. The molecule has 1 aromatic carbocycles. The Kier molecular flexibility index (Phi) is 7.09. The molecular weight excluding hydrogens is 348 g/mol. The van der Waals surface area contributed by atoms with Gasteiger partial charge in [-0.15, -0.1) is 0 Å². The molecule has 0 amide bonds. The summed E-state index contributed by atoms with van der Waals surface area (Å²) in [5.74, 6) is 0.865. The zero-order valence-corrected chi connectivity index (χ0v) is 17.4. The Morgan fingerprint density at radius 2 is 1.93 bits per heavy atom. The Balaban J connectivity index is 1.64. The Bertz CT molecular complexity index is 745. The minimum Gasteiger partial charge on any atom is -0.357 e. The fourth-order valence-electron chi connectivity index (χ4n) is 4.02. The van der Waals surface area contributed by atoms with Gasteiger partial charge in [-0.3, -0.25) is 4.68 Å². The van der Waals surface area contributed by atoms with Gasteiger partial charge in [-0.1, -0.05) is 43.2 Å². The Hall–Kier alpha value is -2.34. The molecule has 152 valence electrons. The van der Waals surface area contributed by atoms with Gasteiger partial charge in [0.15, 0.2) is 5.96 Å². The maximum absolute atomic E-state index is 4.75. The molecule has 0 saturated heterocycles. The molecule has 1 heterocycles. The summed E-state index contributed by atoms with van der Waals surface area (Å²) in [5, 5.41) is 15.1. The summed E-state index contributed by atoms with van der Waals surface area (Å²) >= 11 is 0. The predicted octanol–water partition coefficient (Wildman–Crippen LogP) is 3.14. The predicted molar refractivity (Wildman–Crippen MR) is 115 cm³/mol. The highest BCUT2D eigenvalue weighted by Crippen LogP contribution is 2.31. The first-order chi connectivity index (χ1) is 13.6. The topological polar surface area (TPSA) is 66.3 Å². The van der Waals surface area contributed by atoms with Crippen LogP contribution in [-0.2, 0) is 13.6 Å². The van der Waals surface area contributed by atoms with E-state index in [1.165, 1.54) is 31.2 Å². The minimum atomic E-state index is 0.109. The fourth-order valence-corrected chi connectivity index (χ4v) is 4.02. The van der Waals surface area contributed by atoms with Crippen LogP contribution in [0.3, 0.4) is 0 Å². The standard InChI is InChI=1S/C22H34N6/c1-4-23-21(24-16-20-12-15-26-28(20)3)25-17-22(13-8-9-14-22)27-18(2)19-10-6-5-7-11-19/h5-7,10-12,15,18,27H,4,8-9,13-14,16-17H2,1-3H3,(H2,23,24,25). The van der Waals surface area contributed by atoms with Crippen molar-refractivity contribution in [1.82, 2.24) is 25.7 Å². The lowest BCUT2D eigenvalue weighted by Gasteiger charge is -2.35. The summed E-state index contributed by atoms with van der Waals surface area (Å²) in [4.78, 5) is 4.75. The van der Waals surface area contributed by atoms with Crippen molar-refractivity contribution in [2.75, 3.05) is 13.1 Å². The van der Waals surface area contributed by atoms with E-state index >= 15 is 0 Å². The number of guanidine groups is 1. The maximum atomic E-state index is 4.75. The highest BCUT2D eigenvalue weighted by atomic mass is 15.3. The van der Waals surface area contributed by atoms with E-state index in [0.717, 1.165) is 24.7 Å². The second-order valence-electron chi connectivity index (χ2n) is 7.76. The van der Waals surface area contributed by atoms with E-state index in [2.05, 4.69) is 65.2 Å². The second-order valence-corrected chi connectivity index (χ2v) is 7.76. The first kappa shape index (κ1) is 20.4. The van der Waals surface area contributed by atoms with Crippen LogP contribution in [-0.4, -0.2) is 34.4 Å². The van der Waals surface area contributed by atoms with Gasteiger partial charge in [-0.05, 0) is 38.3 Å². The summed E-state index contributed by atoms with van der Waals surface area (Å²) in [5.41, 5.74) is 2.55. The quantitative estimate of drug-likeness (QED) is 0.485. The second kappa shape index (κ2) is 9.73. The number of hydrogen-bond donors (Lipinski definition) is 3. The van der Waals surface area contributed by atoms with Crippen LogP contribution in [0.25, 0.3) is 0 Å². The third-order valence-corrected chi connectivity index (χ3v) is 5.64. The first-order valence-electron chi connectivity index (χ1n) is 10.4. The Morgan fingerprint density at radius 1 is 1.18 bits per heavy atom. The third-order valence-electron chi connectivity index (χ3n) is 5.64. The molecule has 0 aliphatic heterocycles. The Morgan fingerprint density at radius 3 is 2.57 bits per heavy atom. The summed E-state index contributed by atoms with van der Waals surface area (Å²) in [6.07, 6.45) is 6.75. The minimum absolute atomic E-state index is 0.109. The molecule has 6 heteroatoms. The largest absolute Gasteiger partial charge is 0.357 e. The van der Waals surface area contributed by atoms with E-state index < -0.39 is 0 Å². The van der Waals surface area contributed by atoms with Gasteiger partial charge in [0.05, 0.1) is 12.2 Å². The molecule has 28 heavy (non-hydrogen) atoms. The van der Waals surface area contributed by atoms with Gasteiger partial charge in [-0.2, -0.15) is 5.10 Å². The smallest absolute Gasteiger partial charge is 0.191 e. The number of hydrogen-bond acceptors (Lipinski definition) is 3. The fraction of sp³-hybridized carbons (Fsp3) is 0.545. The first-order valence-corrected chi connectivity index (χ1v) is 10.4. The van der Waals surface area contributed by atoms with Crippen LogP contribution in [0, 0.1) is 0 Å². The van der Waals surface area contributed by atoms with Gasteiger partial charge in [0.25, 0.3) is 0 Å². The van der Waals surface area contributed by atoms with E-state index in [-0.39, 0.29) is 5.54 Å². The van der Waals surface area contributed by atoms with Crippen LogP contribution in [0.1, 0.15) is 56.8 Å². The van der Waals surface area contributed by atoms with E-state index in [4.69, 9.17) is 4.99 Å². The molecule has 1 aliphatic rings. The molecule has 3 rings (SSSR count). The van der Waals surface area contributed by atoms with Crippen LogP contribution >= 0.6 is 0 Å². The molecule has 1 atom stereocenters. The third kappa shape index (κ3) is 5.35. The summed E-state index contributed by atoms with van der Waals surface area (Å²) in [6.45, 7) is 6.70. The van der Waals surface area contributed by atoms with Crippen molar-refractivity contribution in [2.45, 2.75) is 57.7 Å². The van der Waals surface area contributed by atoms with Gasteiger partial charge in [0.2, 0.25) is 0 Å². The lowest BCUT2D eigenvalue weighted by Crippen LogP contribution is -2.54. The van der Waals surface area contributed by atoms with Crippen LogP contribution in [0.2, 0.25) is 0 Å². The molecule has 6 nitrogen and oxygen atoms in total. The van der Waals surface area contributed by atoms with Crippen molar-refractivity contribution in [2.24, 2.45) is 12.0 Å². The van der Waals surface area contributed by atoms with Crippen molar-refractivity contribution >= 4 is 5.96 Å². The molecule has 0 spiro atoms. The van der Waals surface area contributed by atoms with E-state index in [9.17, 15) is 0 Å². The number of aromatic nitrogens is 2. The molecule has 1 saturated carbocycles. The highest BCUT2D eigenvalue weighted by Gasteiger charge is 2.35. The lowest BCUT2D eigenvalue weighted by atomic mass is 9.94. The van der Waals surface area contributed by atoms with Crippen LogP contribution in [0.5, 0.6) is 0 Å². The van der Waals surface area contributed by atoms with Crippen molar-refractivity contribution < 1.29 is 0 Å². The molecule has 1 aromatic heterocycles. The van der Waals surface area contributed by atoms with Gasteiger partial charge in [0, 0.05) is 37.9 Å². The Labute approximate surface area is 168 Å². The van der Waals surface area contributed by atoms with E-state index in [0.29, 0.717) is 12.6 Å². The van der Waals surface area contributed by atoms with Crippen molar-refractivity contribution in [3.63, 3.8) is 0 Å². The summed E-state index contributed by atoms with van der Waals surface area (Å²) < 4.78 is 1.87. The monoisotopic (exact) mass is 382 g/mol. The number of rotatable bonds is 8. The van der Waals surface area contributed by atoms with Gasteiger partial charge in [0.1, 0.15) is 0 Å². The molecule has 1 aliphatic carbocycles. The van der Waals surface area contributed by atoms with Gasteiger partial charge in [-0.25, -0.2) is 4.99 Å². The maximum Gasteiger partial charge on any atom is 0.191 e. The summed E-state index contributed by atoms with van der Waals surface area (Å²) in [6, 6.07) is 13.0. The molecule has 0 bridgehead atoms. The average molecular weight is 383 g/mol. The van der Waals surface area contributed by atoms with Crippen molar-refractivity contribution in [1.29, 1.82) is 0 Å². The molecule has 1 unspecified atom stereocenters. The SMILES string of the molecule is CCNC(=NCc1ccnn1C)NCC1(NC(C)c2ccccc2)CCCC1. The van der Waals surface area contributed by atoms with Crippen LogP contribution in [0.15, 0.2) is 47.6 Å². The summed E-state index contributed by atoms with van der Waals surface area (Å²) in [7, 11) is 1.95. The lowest BCUT2D eigenvalue weighted by molar-refractivity contribution is 0.297. The average Bonchev–Trinajstić information content (AvgIpc) is 3.34. The number of benzene rings is 1. The number of aliphatic imine (C=N–C) groups is 1. The van der Waals surface area contributed by atoms with Crippen LogP contribution < -0.4 is 16.0 Å². The molecule has 3 N–H and O–H groups in total. The van der Waals surface area contributed by atoms with Crippen molar-refractivity contribution in [3.8, 4) is 0 Å². The highest BCUT2D eigenvalue weighted by molar-refractivity contribution is 5.79. The molecular formula is C22H34N6. The number of aryl methyl sites for hydroxylation is 1. The van der Waals surface area contributed by atoms with E-state index in [1.54, 1.807) is 0 Å². The zero-order valence-electron chi connectivity index (χ0n) is 17.4. The van der Waals surface area contributed by atoms with E-state index in [1.807, 2.05) is 24.0 Å². The number of nitrogens with one attached hydrogen (secondary N) is 3. The molecule has 0 radical (unpaired) electrons. The molecule has 1 fully saturated rings. The molecule has 2 aromatic rings. The van der Waals surface area contributed by atoms with Gasteiger partial charge < -0.3 is 16.0 Å².